The maximum absolute atomic E-state index is 11.8. The first-order valence-corrected chi connectivity index (χ1v) is 6.45. The average Bonchev–Trinajstić information content (AvgIpc) is 2.39. The van der Waals surface area contributed by atoms with Gasteiger partial charge in [-0.05, 0) is 37.1 Å². The number of carbonyl (C=O) groups excluding carboxylic acids is 2. The van der Waals surface area contributed by atoms with Crippen LogP contribution in [0.25, 0.3) is 0 Å². The van der Waals surface area contributed by atoms with Gasteiger partial charge in [0, 0.05) is 30.8 Å². The molecule has 5 nitrogen and oxygen atoms in total. The van der Waals surface area contributed by atoms with Crippen LogP contribution in [0.4, 0.5) is 5.69 Å². The number of aryl methyl sites for hydroxylation is 1. The predicted octanol–water partition coefficient (Wildman–Crippen LogP) is 1.22. The Labute approximate surface area is 113 Å². The van der Waals surface area contributed by atoms with E-state index in [4.69, 9.17) is 5.73 Å². The van der Waals surface area contributed by atoms with Crippen molar-refractivity contribution >= 4 is 17.5 Å². The molecule has 104 valence electrons. The monoisotopic (exact) mass is 263 g/mol. The lowest BCUT2D eigenvalue weighted by Crippen LogP contribution is -2.31. The Morgan fingerprint density at radius 3 is 2.58 bits per heavy atom. The van der Waals surface area contributed by atoms with Gasteiger partial charge < -0.3 is 16.4 Å². The summed E-state index contributed by atoms with van der Waals surface area (Å²) >= 11 is 0. The summed E-state index contributed by atoms with van der Waals surface area (Å²) in [6.45, 7) is 4.84. The molecule has 0 aromatic heterocycles. The number of amides is 2. The molecule has 0 aliphatic carbocycles. The third-order valence-corrected chi connectivity index (χ3v) is 2.74. The van der Waals surface area contributed by atoms with E-state index in [1.165, 1.54) is 0 Å². The number of hydrogen-bond donors (Lipinski definition) is 3. The second kappa shape index (κ2) is 7.41. The maximum atomic E-state index is 11.8. The molecule has 1 rings (SSSR count). The van der Waals surface area contributed by atoms with E-state index < -0.39 is 0 Å². The average molecular weight is 263 g/mol. The van der Waals surface area contributed by atoms with E-state index in [1.54, 1.807) is 18.2 Å². The zero-order chi connectivity index (χ0) is 14.3. The summed E-state index contributed by atoms with van der Waals surface area (Å²) in [7, 11) is 0. The lowest BCUT2D eigenvalue weighted by atomic mass is 10.1. The van der Waals surface area contributed by atoms with Crippen LogP contribution >= 0.6 is 0 Å². The van der Waals surface area contributed by atoms with Gasteiger partial charge in [-0.15, -0.1) is 0 Å². The molecule has 19 heavy (non-hydrogen) atoms. The summed E-state index contributed by atoms with van der Waals surface area (Å²) in [5.41, 5.74) is 7.78. The van der Waals surface area contributed by atoms with Gasteiger partial charge in [0.05, 0.1) is 0 Å². The van der Waals surface area contributed by atoms with Crippen molar-refractivity contribution in [2.75, 3.05) is 18.8 Å². The molecule has 0 heterocycles. The molecule has 5 heteroatoms. The van der Waals surface area contributed by atoms with Gasteiger partial charge in [-0.2, -0.15) is 0 Å². The van der Waals surface area contributed by atoms with E-state index in [1.807, 2.05) is 13.8 Å². The fourth-order valence-corrected chi connectivity index (χ4v) is 1.56. The SMILES string of the molecule is CCCNC(=O)CCNC(=O)c1ccc(N)c(C)c1. The fraction of sp³-hybridized carbons (Fsp3) is 0.429. The Bertz CT molecular complexity index is 458. The highest BCUT2D eigenvalue weighted by molar-refractivity contribution is 5.95. The summed E-state index contributed by atoms with van der Waals surface area (Å²) in [6.07, 6.45) is 1.20. The maximum Gasteiger partial charge on any atom is 0.251 e. The van der Waals surface area contributed by atoms with Crippen molar-refractivity contribution in [3.63, 3.8) is 0 Å². The summed E-state index contributed by atoms with van der Waals surface area (Å²) in [6, 6.07) is 5.12. The van der Waals surface area contributed by atoms with Gasteiger partial charge in [0.15, 0.2) is 0 Å². The summed E-state index contributed by atoms with van der Waals surface area (Å²) < 4.78 is 0. The largest absolute Gasteiger partial charge is 0.399 e. The third kappa shape index (κ3) is 4.99. The predicted molar refractivity (Wildman–Crippen MR) is 75.8 cm³/mol. The molecule has 2 amide bonds. The van der Waals surface area contributed by atoms with Gasteiger partial charge in [-0.3, -0.25) is 9.59 Å². The first-order chi connectivity index (χ1) is 9.04. The van der Waals surface area contributed by atoms with Gasteiger partial charge in [0.25, 0.3) is 5.91 Å². The zero-order valence-electron chi connectivity index (χ0n) is 11.5. The van der Waals surface area contributed by atoms with E-state index >= 15 is 0 Å². The zero-order valence-corrected chi connectivity index (χ0v) is 11.5. The van der Waals surface area contributed by atoms with Crippen molar-refractivity contribution in [1.82, 2.24) is 10.6 Å². The number of benzene rings is 1. The molecule has 0 spiro atoms. The van der Waals surface area contributed by atoms with Crippen LogP contribution in [-0.2, 0) is 4.79 Å². The molecule has 0 aliphatic rings. The second-order valence-corrected chi connectivity index (χ2v) is 4.43. The Morgan fingerprint density at radius 2 is 1.95 bits per heavy atom. The highest BCUT2D eigenvalue weighted by Gasteiger charge is 2.07. The minimum Gasteiger partial charge on any atom is -0.399 e. The third-order valence-electron chi connectivity index (χ3n) is 2.74. The first-order valence-electron chi connectivity index (χ1n) is 6.45. The van der Waals surface area contributed by atoms with Crippen LogP contribution in [0.15, 0.2) is 18.2 Å². The Balaban J connectivity index is 2.39. The van der Waals surface area contributed by atoms with Crippen LogP contribution in [0, 0.1) is 6.92 Å². The smallest absolute Gasteiger partial charge is 0.251 e. The Morgan fingerprint density at radius 1 is 1.21 bits per heavy atom. The lowest BCUT2D eigenvalue weighted by molar-refractivity contribution is -0.120. The molecule has 0 unspecified atom stereocenters. The number of nitrogens with one attached hydrogen (secondary N) is 2. The van der Waals surface area contributed by atoms with Crippen LogP contribution in [0.1, 0.15) is 35.7 Å². The Hall–Kier alpha value is -2.04. The molecule has 0 radical (unpaired) electrons. The molecule has 1 aromatic carbocycles. The van der Waals surface area contributed by atoms with Gasteiger partial charge in [-0.25, -0.2) is 0 Å². The molecular formula is C14H21N3O2. The number of rotatable bonds is 6. The molecular weight excluding hydrogens is 242 g/mol. The second-order valence-electron chi connectivity index (χ2n) is 4.43. The van der Waals surface area contributed by atoms with Crippen LogP contribution in [0.3, 0.4) is 0 Å². The Kier molecular flexibility index (Phi) is 5.85. The number of anilines is 1. The van der Waals surface area contributed by atoms with E-state index in [0.29, 0.717) is 30.8 Å². The summed E-state index contributed by atoms with van der Waals surface area (Å²) in [4.78, 5) is 23.2. The quantitative estimate of drug-likeness (QED) is 0.675. The van der Waals surface area contributed by atoms with Crippen molar-refractivity contribution in [2.45, 2.75) is 26.7 Å². The number of nitrogen functional groups attached to an aromatic ring is 1. The van der Waals surface area contributed by atoms with Crippen LogP contribution in [-0.4, -0.2) is 24.9 Å². The molecule has 0 bridgehead atoms. The molecule has 0 aliphatic heterocycles. The van der Waals surface area contributed by atoms with Gasteiger partial charge in [0.1, 0.15) is 0 Å². The van der Waals surface area contributed by atoms with Crippen molar-refractivity contribution in [3.05, 3.63) is 29.3 Å². The molecule has 1 aromatic rings. The molecule has 0 fully saturated rings. The highest BCUT2D eigenvalue weighted by atomic mass is 16.2. The van der Waals surface area contributed by atoms with E-state index in [-0.39, 0.29) is 11.8 Å². The van der Waals surface area contributed by atoms with E-state index in [9.17, 15) is 9.59 Å². The topological polar surface area (TPSA) is 84.2 Å². The van der Waals surface area contributed by atoms with Crippen LogP contribution in [0.5, 0.6) is 0 Å². The number of nitrogens with two attached hydrogens (primary N) is 1. The standard InChI is InChI=1S/C14H21N3O2/c1-3-7-16-13(18)6-8-17-14(19)11-4-5-12(15)10(2)9-11/h4-5,9H,3,6-8,15H2,1-2H3,(H,16,18)(H,17,19). The minimum absolute atomic E-state index is 0.0457. The number of carbonyl (C=O) groups is 2. The van der Waals surface area contributed by atoms with Crippen LogP contribution < -0.4 is 16.4 Å². The lowest BCUT2D eigenvalue weighted by Gasteiger charge is -2.07. The van der Waals surface area contributed by atoms with Crippen molar-refractivity contribution < 1.29 is 9.59 Å². The summed E-state index contributed by atoms with van der Waals surface area (Å²) in [5.74, 6) is -0.234. The molecule has 0 saturated heterocycles. The molecule has 0 saturated carbocycles. The number of hydrogen-bond acceptors (Lipinski definition) is 3. The van der Waals surface area contributed by atoms with Crippen molar-refractivity contribution in [3.8, 4) is 0 Å². The summed E-state index contributed by atoms with van der Waals surface area (Å²) in [5, 5.41) is 5.47. The first kappa shape index (κ1) is 15.0. The minimum atomic E-state index is -0.189. The van der Waals surface area contributed by atoms with E-state index in [2.05, 4.69) is 10.6 Å². The highest BCUT2D eigenvalue weighted by Crippen LogP contribution is 2.12. The van der Waals surface area contributed by atoms with Crippen LogP contribution in [0.2, 0.25) is 0 Å². The van der Waals surface area contributed by atoms with E-state index in [0.717, 1.165) is 12.0 Å². The van der Waals surface area contributed by atoms with Crippen molar-refractivity contribution in [1.29, 1.82) is 0 Å². The van der Waals surface area contributed by atoms with Gasteiger partial charge in [-0.1, -0.05) is 6.92 Å². The van der Waals surface area contributed by atoms with Gasteiger partial charge in [0.2, 0.25) is 5.91 Å². The van der Waals surface area contributed by atoms with Gasteiger partial charge >= 0.3 is 0 Å². The normalized spacial score (nSPS) is 10.0. The molecule has 4 N–H and O–H groups in total. The molecule has 0 atom stereocenters. The fourth-order valence-electron chi connectivity index (χ4n) is 1.56. The van der Waals surface area contributed by atoms with Crippen molar-refractivity contribution in [2.24, 2.45) is 0 Å².